The van der Waals surface area contributed by atoms with E-state index in [1.54, 1.807) is 36.7 Å². The molecule has 9 heteroatoms. The van der Waals surface area contributed by atoms with Gasteiger partial charge in [0.2, 0.25) is 0 Å². The number of H-pyrrole nitrogens is 1. The Hall–Kier alpha value is -3.10. The lowest BCUT2D eigenvalue weighted by Gasteiger charge is -2.36. The van der Waals surface area contributed by atoms with Crippen molar-refractivity contribution in [2.75, 3.05) is 24.5 Å². The number of aromatic amines is 1. The van der Waals surface area contributed by atoms with E-state index in [-0.39, 0.29) is 23.4 Å². The van der Waals surface area contributed by atoms with Crippen LogP contribution < -0.4 is 26.1 Å². The Morgan fingerprint density at radius 3 is 2.84 bits per heavy atom. The summed E-state index contributed by atoms with van der Waals surface area (Å²) in [6.45, 7) is 3.11. The van der Waals surface area contributed by atoms with Crippen molar-refractivity contribution in [1.82, 2.24) is 19.9 Å². The van der Waals surface area contributed by atoms with Gasteiger partial charge in [-0.15, -0.1) is 0 Å². The Balaban J connectivity index is 1.30. The molecule has 2 saturated heterocycles. The summed E-state index contributed by atoms with van der Waals surface area (Å²) >= 11 is 5.83. The fourth-order valence-electron chi connectivity index (χ4n) is 4.49. The summed E-state index contributed by atoms with van der Waals surface area (Å²) in [4.78, 5) is 34.8. The molecule has 0 spiro atoms. The van der Waals surface area contributed by atoms with Gasteiger partial charge in [0.05, 0.1) is 10.7 Å². The third-order valence-electron chi connectivity index (χ3n) is 6.20. The number of rotatable bonds is 5. The van der Waals surface area contributed by atoms with E-state index in [4.69, 9.17) is 16.3 Å². The number of nitrogens with one attached hydrogen (secondary N) is 2. The minimum Gasteiger partial charge on any atom is -0.487 e. The number of hydrogen-bond acceptors (Lipinski definition) is 6. The molecule has 2 N–H and O–H groups in total. The molecule has 2 atom stereocenters. The number of hydrogen-bond donors (Lipinski definition) is 2. The molecule has 2 aliphatic heterocycles. The molecule has 0 aromatic carbocycles. The molecular weight excluding hydrogens is 430 g/mol. The highest BCUT2D eigenvalue weighted by atomic mass is 35.5. The first kappa shape index (κ1) is 20.8. The number of piperidine rings is 1. The van der Waals surface area contributed by atoms with Crippen LogP contribution in [-0.2, 0) is 6.61 Å². The highest BCUT2D eigenvalue weighted by molar-refractivity contribution is 6.30. The Bertz CT molecular complexity index is 1220. The smallest absolute Gasteiger partial charge is 0.273 e. The summed E-state index contributed by atoms with van der Waals surface area (Å²) in [7, 11) is 0. The zero-order valence-electron chi connectivity index (χ0n) is 17.5. The van der Waals surface area contributed by atoms with E-state index in [0.29, 0.717) is 28.4 Å². The molecule has 8 nitrogen and oxygen atoms in total. The second kappa shape index (κ2) is 8.80. The van der Waals surface area contributed by atoms with Gasteiger partial charge in [-0.3, -0.25) is 19.1 Å². The van der Waals surface area contributed by atoms with E-state index in [0.717, 1.165) is 31.9 Å². The van der Waals surface area contributed by atoms with Crippen LogP contribution in [0.4, 0.5) is 5.82 Å². The molecule has 0 bridgehead atoms. The van der Waals surface area contributed by atoms with Crippen LogP contribution in [0, 0.1) is 5.92 Å². The Labute approximate surface area is 189 Å². The molecule has 0 saturated carbocycles. The summed E-state index contributed by atoms with van der Waals surface area (Å²) in [5.74, 6) is 1.82. The zero-order valence-corrected chi connectivity index (χ0v) is 18.2. The number of anilines is 1. The van der Waals surface area contributed by atoms with E-state index in [9.17, 15) is 9.59 Å². The molecule has 0 aliphatic carbocycles. The van der Waals surface area contributed by atoms with Crippen LogP contribution in [0.2, 0.25) is 5.02 Å². The lowest BCUT2D eigenvalue weighted by molar-refractivity contribution is 0.300. The molecule has 2 aliphatic rings. The van der Waals surface area contributed by atoms with Crippen LogP contribution in [0.25, 0.3) is 5.69 Å². The first-order valence-electron chi connectivity index (χ1n) is 10.7. The predicted octanol–water partition coefficient (Wildman–Crippen LogP) is 2.34. The maximum atomic E-state index is 12.8. The Kier molecular flexibility index (Phi) is 5.71. The average molecular weight is 454 g/mol. The number of ether oxygens (including phenoxy) is 1. The molecule has 0 radical (unpaired) electrons. The monoisotopic (exact) mass is 453 g/mol. The van der Waals surface area contributed by atoms with Gasteiger partial charge in [0.1, 0.15) is 23.9 Å². The van der Waals surface area contributed by atoms with Gasteiger partial charge in [-0.2, -0.15) is 0 Å². The number of nitrogens with zero attached hydrogens (tertiary/aromatic N) is 3. The van der Waals surface area contributed by atoms with Crippen molar-refractivity contribution in [1.29, 1.82) is 0 Å². The Morgan fingerprint density at radius 1 is 1.16 bits per heavy atom. The van der Waals surface area contributed by atoms with Gasteiger partial charge in [0, 0.05) is 37.6 Å². The molecular formula is C23H24ClN5O3. The largest absolute Gasteiger partial charge is 0.487 e. The fourth-order valence-corrected chi connectivity index (χ4v) is 4.61. The van der Waals surface area contributed by atoms with Crippen molar-refractivity contribution in [3.63, 3.8) is 0 Å². The molecule has 0 amide bonds. The van der Waals surface area contributed by atoms with Crippen molar-refractivity contribution in [3.05, 3.63) is 80.2 Å². The van der Waals surface area contributed by atoms with Crippen LogP contribution in [0.15, 0.2) is 58.4 Å². The molecule has 5 heterocycles. The van der Waals surface area contributed by atoms with Gasteiger partial charge in [-0.1, -0.05) is 11.6 Å². The first-order valence-corrected chi connectivity index (χ1v) is 11.1. The number of aromatic nitrogens is 3. The fraction of sp³-hybridized carbons (Fsp3) is 0.348. The maximum Gasteiger partial charge on any atom is 0.273 e. The van der Waals surface area contributed by atoms with E-state index in [2.05, 4.69) is 20.2 Å². The lowest BCUT2D eigenvalue weighted by atomic mass is 9.93. The van der Waals surface area contributed by atoms with Crippen molar-refractivity contribution < 1.29 is 4.74 Å². The van der Waals surface area contributed by atoms with Crippen molar-refractivity contribution in [3.8, 4) is 11.4 Å². The minimum atomic E-state index is -0.345. The standard InChI is InChI=1S/C23H24ClN5O3/c24-16-1-2-17(26-12-16)14-32-18-6-10-29(22(30)11-18)20-3-4-21(27-23(20)31)28-9-7-19-15(13-28)5-8-25-19/h1-4,6,10-12,15,19,25H,5,7-9,13-14H2,(H,27,31). The molecule has 3 aromatic heterocycles. The van der Waals surface area contributed by atoms with E-state index in [1.807, 2.05) is 6.07 Å². The van der Waals surface area contributed by atoms with Crippen LogP contribution in [0.5, 0.6) is 5.75 Å². The van der Waals surface area contributed by atoms with Gasteiger partial charge in [-0.05, 0) is 55.6 Å². The van der Waals surface area contributed by atoms with Crippen LogP contribution in [0.1, 0.15) is 18.5 Å². The van der Waals surface area contributed by atoms with Crippen molar-refractivity contribution in [2.24, 2.45) is 5.92 Å². The van der Waals surface area contributed by atoms with Crippen molar-refractivity contribution >= 4 is 17.4 Å². The van der Waals surface area contributed by atoms with Gasteiger partial charge < -0.3 is 19.9 Å². The van der Waals surface area contributed by atoms with Crippen LogP contribution in [0.3, 0.4) is 0 Å². The highest BCUT2D eigenvalue weighted by Crippen LogP contribution is 2.27. The third-order valence-corrected chi connectivity index (χ3v) is 6.42. The van der Waals surface area contributed by atoms with E-state index >= 15 is 0 Å². The second-order valence-electron chi connectivity index (χ2n) is 8.23. The van der Waals surface area contributed by atoms with Gasteiger partial charge in [0.25, 0.3) is 11.1 Å². The first-order chi connectivity index (χ1) is 15.6. The topological polar surface area (TPSA) is 92.2 Å². The summed E-state index contributed by atoms with van der Waals surface area (Å²) < 4.78 is 6.97. The van der Waals surface area contributed by atoms with Gasteiger partial charge in [0.15, 0.2) is 0 Å². The summed E-state index contributed by atoms with van der Waals surface area (Å²) in [5.41, 5.74) is 0.336. The number of fused-ring (bicyclic) bond motifs is 1. The quantitative estimate of drug-likeness (QED) is 0.616. The Morgan fingerprint density at radius 2 is 2.06 bits per heavy atom. The third kappa shape index (κ3) is 4.28. The lowest BCUT2D eigenvalue weighted by Crippen LogP contribution is -2.45. The molecule has 166 valence electrons. The normalized spacial score (nSPS) is 20.2. The molecule has 2 unspecified atom stereocenters. The van der Waals surface area contributed by atoms with Crippen LogP contribution in [-0.4, -0.2) is 40.2 Å². The van der Waals surface area contributed by atoms with E-state index in [1.165, 1.54) is 17.1 Å². The summed E-state index contributed by atoms with van der Waals surface area (Å²) in [6, 6.07) is 10.7. The molecule has 3 aromatic rings. The molecule has 32 heavy (non-hydrogen) atoms. The average Bonchev–Trinajstić information content (AvgIpc) is 3.27. The molecule has 2 fully saturated rings. The van der Waals surface area contributed by atoms with Crippen LogP contribution >= 0.6 is 11.6 Å². The zero-order chi connectivity index (χ0) is 22.1. The highest BCUT2D eigenvalue weighted by Gasteiger charge is 2.32. The maximum absolute atomic E-state index is 12.8. The molecule has 5 rings (SSSR count). The number of halogens is 1. The second-order valence-corrected chi connectivity index (χ2v) is 8.67. The summed E-state index contributed by atoms with van der Waals surface area (Å²) in [6.07, 6.45) is 5.33. The van der Waals surface area contributed by atoms with Gasteiger partial charge in [-0.25, -0.2) is 0 Å². The minimum absolute atomic E-state index is 0.211. The van der Waals surface area contributed by atoms with E-state index < -0.39 is 0 Å². The summed E-state index contributed by atoms with van der Waals surface area (Å²) in [5, 5.41) is 4.10. The van der Waals surface area contributed by atoms with Crippen molar-refractivity contribution in [2.45, 2.75) is 25.5 Å². The van der Waals surface area contributed by atoms with Gasteiger partial charge >= 0.3 is 0 Å². The predicted molar refractivity (Wildman–Crippen MR) is 123 cm³/mol. The SMILES string of the molecule is O=c1[nH]c(N2CCC3NCCC3C2)ccc1-n1ccc(OCc2ccc(Cl)cn2)cc1=O. The number of pyridine rings is 3.